The Hall–Kier alpha value is -3.33. The van der Waals surface area contributed by atoms with E-state index < -0.39 is 47.9 Å². The van der Waals surface area contributed by atoms with Crippen molar-refractivity contribution in [1.29, 1.82) is 0 Å². The average molecular weight is 544 g/mol. The summed E-state index contributed by atoms with van der Waals surface area (Å²) in [6.07, 6.45) is 7.28. The molecular weight excluding hydrogens is 502 g/mol. The first-order chi connectivity index (χ1) is 18.7. The van der Waals surface area contributed by atoms with Crippen LogP contribution in [0.5, 0.6) is 0 Å². The van der Waals surface area contributed by atoms with Crippen LogP contribution in [0.25, 0.3) is 0 Å². The van der Waals surface area contributed by atoms with Crippen molar-refractivity contribution in [2.24, 2.45) is 5.92 Å². The Morgan fingerprint density at radius 1 is 0.974 bits per heavy atom. The number of nitrogens with zero attached hydrogens (tertiary/aromatic N) is 1. The number of imide groups is 1. The molecule has 214 valence electrons. The standard InChI is InChI=1S/C30H41NO8/c1-21(29(36)31-22(2)28(39-30(31)37)24-15-11-10-12-16-24)27(38-23(3)33)26(35)19-18-25(34)17-13-8-6-4-5-7-9-14-20-32/h10-12,15-16,18-19,21-22,27-28,32H,4-9,13-14,17,20H2,1-3H3/t21-,22-,27-,28-/m1/s1. The largest absolute Gasteiger partial charge is 0.453 e. The van der Waals surface area contributed by atoms with Gasteiger partial charge < -0.3 is 14.6 Å². The lowest BCUT2D eigenvalue weighted by molar-refractivity contribution is -0.158. The van der Waals surface area contributed by atoms with Crippen LogP contribution in [0, 0.1) is 5.92 Å². The Balaban J connectivity index is 1.92. The molecule has 1 aliphatic rings. The number of carbonyl (C=O) groups is 5. The number of hydrogen-bond donors (Lipinski definition) is 1. The number of allylic oxidation sites excluding steroid dienone is 1. The summed E-state index contributed by atoms with van der Waals surface area (Å²) in [5.41, 5.74) is 0.730. The van der Waals surface area contributed by atoms with E-state index in [9.17, 15) is 24.0 Å². The Bertz CT molecular complexity index is 1010. The van der Waals surface area contributed by atoms with E-state index >= 15 is 0 Å². The molecule has 1 aromatic rings. The molecule has 2 rings (SSSR count). The van der Waals surface area contributed by atoms with Gasteiger partial charge in [0.25, 0.3) is 0 Å². The van der Waals surface area contributed by atoms with Gasteiger partial charge >= 0.3 is 12.1 Å². The van der Waals surface area contributed by atoms with Crippen LogP contribution in [0.1, 0.15) is 90.2 Å². The number of ether oxygens (including phenoxy) is 2. The molecule has 1 aromatic carbocycles. The van der Waals surface area contributed by atoms with Gasteiger partial charge in [0.15, 0.2) is 17.7 Å². The van der Waals surface area contributed by atoms with Crippen LogP contribution in [0.15, 0.2) is 42.5 Å². The Morgan fingerprint density at radius 2 is 1.56 bits per heavy atom. The van der Waals surface area contributed by atoms with Crippen LogP contribution in [0.3, 0.4) is 0 Å². The summed E-state index contributed by atoms with van der Waals surface area (Å²) < 4.78 is 10.6. The van der Waals surface area contributed by atoms with Gasteiger partial charge in [0.05, 0.1) is 12.0 Å². The molecule has 2 amide bonds. The zero-order chi connectivity index (χ0) is 28.8. The monoisotopic (exact) mass is 543 g/mol. The molecule has 0 saturated carbocycles. The highest BCUT2D eigenvalue weighted by Gasteiger charge is 2.47. The summed E-state index contributed by atoms with van der Waals surface area (Å²) in [5, 5.41) is 8.78. The van der Waals surface area contributed by atoms with Gasteiger partial charge in [-0.2, -0.15) is 0 Å². The van der Waals surface area contributed by atoms with Crippen LogP contribution in [-0.2, 0) is 28.7 Å². The molecule has 0 bridgehead atoms. The second-order valence-corrected chi connectivity index (χ2v) is 9.99. The zero-order valence-corrected chi connectivity index (χ0v) is 23.2. The summed E-state index contributed by atoms with van der Waals surface area (Å²) in [6.45, 7) is 4.43. The van der Waals surface area contributed by atoms with E-state index in [4.69, 9.17) is 14.6 Å². The first-order valence-corrected chi connectivity index (χ1v) is 13.8. The van der Waals surface area contributed by atoms with Gasteiger partial charge in [-0.25, -0.2) is 9.69 Å². The van der Waals surface area contributed by atoms with E-state index in [0.717, 1.165) is 74.5 Å². The first-order valence-electron chi connectivity index (χ1n) is 13.8. The predicted molar refractivity (Wildman–Crippen MR) is 144 cm³/mol. The van der Waals surface area contributed by atoms with Gasteiger partial charge in [-0.3, -0.25) is 19.2 Å². The molecule has 39 heavy (non-hydrogen) atoms. The molecule has 0 spiro atoms. The molecule has 1 N–H and O–H groups in total. The Morgan fingerprint density at radius 3 is 2.15 bits per heavy atom. The number of hydrogen-bond acceptors (Lipinski definition) is 8. The van der Waals surface area contributed by atoms with Gasteiger partial charge in [-0.05, 0) is 44.4 Å². The van der Waals surface area contributed by atoms with Crippen LogP contribution in [0.4, 0.5) is 4.79 Å². The fourth-order valence-corrected chi connectivity index (χ4v) is 4.60. The van der Waals surface area contributed by atoms with Gasteiger partial charge in [0.2, 0.25) is 5.91 Å². The molecular formula is C30H41NO8. The molecule has 9 nitrogen and oxygen atoms in total. The van der Waals surface area contributed by atoms with Crippen molar-refractivity contribution in [3.05, 3.63) is 48.0 Å². The zero-order valence-electron chi connectivity index (χ0n) is 23.2. The number of aliphatic hydroxyl groups is 1. The minimum atomic E-state index is -1.49. The highest BCUT2D eigenvalue weighted by molar-refractivity contribution is 6.04. The van der Waals surface area contributed by atoms with E-state index in [0.29, 0.717) is 12.8 Å². The highest BCUT2D eigenvalue weighted by atomic mass is 16.6. The van der Waals surface area contributed by atoms with Gasteiger partial charge in [-0.1, -0.05) is 68.9 Å². The highest BCUT2D eigenvalue weighted by Crippen LogP contribution is 2.33. The number of rotatable bonds is 17. The number of aliphatic hydroxyl groups excluding tert-OH is 1. The summed E-state index contributed by atoms with van der Waals surface area (Å²) >= 11 is 0. The average Bonchev–Trinajstić information content (AvgIpc) is 3.22. The first kappa shape index (κ1) is 31.9. The van der Waals surface area contributed by atoms with E-state index in [2.05, 4.69) is 0 Å². The molecule has 4 atom stereocenters. The summed E-state index contributed by atoms with van der Waals surface area (Å²) in [7, 11) is 0. The van der Waals surface area contributed by atoms with Crippen molar-refractivity contribution < 1.29 is 38.6 Å². The van der Waals surface area contributed by atoms with E-state index in [1.165, 1.54) is 6.92 Å². The number of carbonyl (C=O) groups excluding carboxylic acids is 5. The van der Waals surface area contributed by atoms with Crippen molar-refractivity contribution in [2.75, 3.05) is 6.61 Å². The lowest BCUT2D eigenvalue weighted by Crippen LogP contribution is -2.47. The summed E-state index contributed by atoms with van der Waals surface area (Å²) in [6, 6.07) is 8.37. The molecule has 1 heterocycles. The molecule has 0 radical (unpaired) electrons. The molecule has 1 saturated heterocycles. The topological polar surface area (TPSA) is 127 Å². The van der Waals surface area contributed by atoms with E-state index in [1.807, 2.05) is 6.07 Å². The molecule has 0 unspecified atom stereocenters. The number of esters is 1. The maximum Gasteiger partial charge on any atom is 0.417 e. The summed E-state index contributed by atoms with van der Waals surface area (Å²) in [5.74, 6) is -3.58. The van der Waals surface area contributed by atoms with Gasteiger partial charge in [0.1, 0.15) is 6.10 Å². The Labute approximate surface area is 230 Å². The molecule has 1 fully saturated rings. The number of unbranched alkanes of at least 4 members (excludes halogenated alkanes) is 7. The fourth-order valence-electron chi connectivity index (χ4n) is 4.60. The van der Waals surface area contributed by atoms with Crippen molar-refractivity contribution in [3.63, 3.8) is 0 Å². The van der Waals surface area contributed by atoms with Crippen LogP contribution >= 0.6 is 0 Å². The van der Waals surface area contributed by atoms with E-state index in [1.54, 1.807) is 31.2 Å². The molecule has 9 heteroatoms. The second-order valence-electron chi connectivity index (χ2n) is 9.99. The molecule has 0 aromatic heterocycles. The van der Waals surface area contributed by atoms with Crippen LogP contribution in [-0.4, -0.2) is 58.3 Å². The SMILES string of the molecule is CC(=O)O[C@@H](C(=O)C=CC(=O)CCCCCCCCCCO)[C@@H](C)C(=O)N1C(=O)O[C@@H](c2ccccc2)[C@H]1C. The number of cyclic esters (lactones) is 1. The second kappa shape index (κ2) is 16.6. The van der Waals surface area contributed by atoms with Crippen LogP contribution < -0.4 is 0 Å². The third kappa shape index (κ3) is 10.1. The fraction of sp³-hybridized carbons (Fsp3) is 0.567. The maximum absolute atomic E-state index is 13.3. The van der Waals surface area contributed by atoms with Gasteiger partial charge in [-0.15, -0.1) is 0 Å². The van der Waals surface area contributed by atoms with Crippen LogP contribution in [0.2, 0.25) is 0 Å². The quantitative estimate of drug-likeness (QED) is 0.168. The lowest BCUT2D eigenvalue weighted by Gasteiger charge is -2.26. The predicted octanol–water partition coefficient (Wildman–Crippen LogP) is 4.86. The third-order valence-corrected chi connectivity index (χ3v) is 6.82. The smallest absolute Gasteiger partial charge is 0.417 e. The van der Waals surface area contributed by atoms with Crippen molar-refractivity contribution in [3.8, 4) is 0 Å². The maximum atomic E-state index is 13.3. The lowest BCUT2D eigenvalue weighted by atomic mass is 9.96. The van der Waals surface area contributed by atoms with E-state index in [-0.39, 0.29) is 12.4 Å². The summed E-state index contributed by atoms with van der Waals surface area (Å²) in [4.78, 5) is 63.7. The third-order valence-electron chi connectivity index (χ3n) is 6.82. The normalized spacial score (nSPS) is 18.6. The van der Waals surface area contributed by atoms with Crippen molar-refractivity contribution in [2.45, 2.75) is 96.8 Å². The van der Waals surface area contributed by atoms with Crippen molar-refractivity contribution >= 4 is 29.5 Å². The molecule has 0 aliphatic carbocycles. The minimum absolute atomic E-state index is 0.228. The van der Waals surface area contributed by atoms with Gasteiger partial charge in [0, 0.05) is 20.0 Å². The molecule has 1 aliphatic heterocycles. The van der Waals surface area contributed by atoms with Crippen molar-refractivity contribution in [1.82, 2.24) is 4.90 Å². The number of amides is 2. The number of benzene rings is 1. The Kier molecular flexibility index (Phi) is 13.6. The minimum Gasteiger partial charge on any atom is -0.453 e. The number of ketones is 2.